The van der Waals surface area contributed by atoms with Crippen LogP contribution in [0.5, 0.6) is 0 Å². The number of benzene rings is 1. The molecule has 0 radical (unpaired) electrons. The van der Waals surface area contributed by atoms with E-state index in [1.807, 2.05) is 0 Å². The number of halogens is 1. The first-order valence-electron chi connectivity index (χ1n) is 8.72. The molecule has 0 saturated heterocycles. The Morgan fingerprint density at radius 2 is 1.78 bits per heavy atom. The summed E-state index contributed by atoms with van der Waals surface area (Å²) < 4.78 is 5.33. The quantitative estimate of drug-likeness (QED) is 0.334. The SMILES string of the molecule is CN=C(NCCc1ccc(C(C)(C)C)cc1)NCc1ccc(C(N)=O)o1.I. The van der Waals surface area contributed by atoms with Crippen molar-refractivity contribution in [2.45, 2.75) is 39.2 Å². The third kappa shape index (κ3) is 7.24. The lowest BCUT2D eigenvalue weighted by atomic mass is 9.86. The van der Waals surface area contributed by atoms with Crippen LogP contribution >= 0.6 is 24.0 Å². The fourth-order valence-electron chi connectivity index (χ4n) is 2.49. The van der Waals surface area contributed by atoms with E-state index >= 15 is 0 Å². The van der Waals surface area contributed by atoms with Gasteiger partial charge in [-0.05, 0) is 35.1 Å². The van der Waals surface area contributed by atoms with E-state index in [4.69, 9.17) is 10.2 Å². The van der Waals surface area contributed by atoms with Crippen molar-refractivity contribution in [1.82, 2.24) is 10.6 Å². The van der Waals surface area contributed by atoms with E-state index in [9.17, 15) is 4.79 Å². The van der Waals surface area contributed by atoms with E-state index < -0.39 is 5.91 Å². The molecule has 1 aromatic carbocycles. The number of nitrogens with one attached hydrogen (secondary N) is 2. The third-order valence-corrected chi connectivity index (χ3v) is 4.08. The molecule has 2 rings (SSSR count). The van der Waals surface area contributed by atoms with Gasteiger partial charge in [0, 0.05) is 13.6 Å². The molecule has 6 nitrogen and oxygen atoms in total. The largest absolute Gasteiger partial charge is 0.454 e. The van der Waals surface area contributed by atoms with Gasteiger partial charge in [0.1, 0.15) is 5.76 Å². The molecule has 1 amide bonds. The van der Waals surface area contributed by atoms with Gasteiger partial charge in [-0.25, -0.2) is 0 Å². The summed E-state index contributed by atoms with van der Waals surface area (Å²) in [5, 5.41) is 6.41. The number of hydrogen-bond donors (Lipinski definition) is 3. The number of furan rings is 1. The molecule has 0 aliphatic rings. The zero-order valence-corrected chi connectivity index (χ0v) is 18.7. The average molecular weight is 484 g/mol. The van der Waals surface area contributed by atoms with Gasteiger partial charge >= 0.3 is 0 Å². The summed E-state index contributed by atoms with van der Waals surface area (Å²) >= 11 is 0. The van der Waals surface area contributed by atoms with Crippen LogP contribution in [0.25, 0.3) is 0 Å². The van der Waals surface area contributed by atoms with Crippen molar-refractivity contribution in [3.05, 3.63) is 59.0 Å². The van der Waals surface area contributed by atoms with E-state index in [0.29, 0.717) is 18.3 Å². The zero-order valence-electron chi connectivity index (χ0n) is 16.3. The minimum absolute atomic E-state index is 0. The summed E-state index contributed by atoms with van der Waals surface area (Å²) in [5.74, 6) is 0.882. The minimum Gasteiger partial charge on any atom is -0.454 e. The Morgan fingerprint density at radius 3 is 2.30 bits per heavy atom. The Morgan fingerprint density at radius 1 is 1.11 bits per heavy atom. The van der Waals surface area contributed by atoms with Crippen LogP contribution in [0.15, 0.2) is 45.8 Å². The molecule has 0 unspecified atom stereocenters. The number of nitrogens with zero attached hydrogens (tertiary/aromatic N) is 1. The Hall–Kier alpha value is -2.03. The summed E-state index contributed by atoms with van der Waals surface area (Å²) in [5.41, 5.74) is 7.95. The van der Waals surface area contributed by atoms with Crippen molar-refractivity contribution in [1.29, 1.82) is 0 Å². The summed E-state index contributed by atoms with van der Waals surface area (Å²) in [6.07, 6.45) is 0.900. The minimum atomic E-state index is -0.573. The molecule has 148 valence electrons. The zero-order chi connectivity index (χ0) is 19.2. The van der Waals surface area contributed by atoms with Crippen LogP contribution in [0.3, 0.4) is 0 Å². The molecule has 1 aromatic heterocycles. The highest BCUT2D eigenvalue weighted by Gasteiger charge is 2.12. The monoisotopic (exact) mass is 484 g/mol. The van der Waals surface area contributed by atoms with Crippen LogP contribution in [0.2, 0.25) is 0 Å². The first-order chi connectivity index (χ1) is 12.3. The molecule has 0 aliphatic carbocycles. The molecule has 0 spiro atoms. The standard InChI is InChI=1S/C20H28N4O2.HI/c1-20(2,3)15-7-5-14(6-8-15)11-12-23-19(22-4)24-13-16-9-10-17(26-16)18(21)25;/h5-10H,11-13H2,1-4H3,(H2,21,25)(H2,22,23,24);1H. The van der Waals surface area contributed by atoms with Crippen molar-refractivity contribution in [2.24, 2.45) is 10.7 Å². The lowest BCUT2D eigenvalue weighted by Crippen LogP contribution is -2.37. The highest BCUT2D eigenvalue weighted by atomic mass is 127. The number of guanidine groups is 1. The number of aliphatic imine (C=N–C) groups is 1. The maximum atomic E-state index is 11.0. The molecule has 4 N–H and O–H groups in total. The number of carbonyl (C=O) groups excluding carboxylic acids is 1. The maximum absolute atomic E-state index is 11.0. The van der Waals surface area contributed by atoms with Crippen LogP contribution in [-0.4, -0.2) is 25.5 Å². The predicted molar refractivity (Wildman–Crippen MR) is 120 cm³/mol. The van der Waals surface area contributed by atoms with Gasteiger partial charge in [-0.3, -0.25) is 9.79 Å². The Balaban J connectivity index is 0.00000364. The van der Waals surface area contributed by atoms with Gasteiger partial charge < -0.3 is 20.8 Å². The molecular formula is C20H29IN4O2. The molecule has 0 fully saturated rings. The van der Waals surface area contributed by atoms with E-state index in [-0.39, 0.29) is 35.2 Å². The summed E-state index contributed by atoms with van der Waals surface area (Å²) in [6, 6.07) is 12.0. The van der Waals surface area contributed by atoms with Gasteiger partial charge in [0.2, 0.25) is 0 Å². The second-order valence-corrected chi connectivity index (χ2v) is 7.18. The number of hydrogen-bond acceptors (Lipinski definition) is 3. The molecule has 0 atom stereocenters. The fourth-order valence-corrected chi connectivity index (χ4v) is 2.49. The molecular weight excluding hydrogens is 455 g/mol. The number of primary amides is 1. The van der Waals surface area contributed by atoms with Gasteiger partial charge in [-0.2, -0.15) is 0 Å². The molecule has 2 aromatic rings. The lowest BCUT2D eigenvalue weighted by molar-refractivity contribution is 0.0972. The van der Waals surface area contributed by atoms with Gasteiger partial charge in [0.25, 0.3) is 5.91 Å². The topological polar surface area (TPSA) is 92.6 Å². The van der Waals surface area contributed by atoms with Gasteiger partial charge in [-0.1, -0.05) is 45.0 Å². The third-order valence-electron chi connectivity index (χ3n) is 4.08. The lowest BCUT2D eigenvalue weighted by Gasteiger charge is -2.19. The molecule has 0 saturated carbocycles. The van der Waals surface area contributed by atoms with Crippen molar-refractivity contribution in [3.8, 4) is 0 Å². The van der Waals surface area contributed by atoms with Crippen LogP contribution in [-0.2, 0) is 18.4 Å². The number of rotatable bonds is 6. The second-order valence-electron chi connectivity index (χ2n) is 7.18. The van der Waals surface area contributed by atoms with E-state index in [1.54, 1.807) is 19.2 Å². The van der Waals surface area contributed by atoms with E-state index in [2.05, 4.69) is 60.7 Å². The summed E-state index contributed by atoms with van der Waals surface area (Å²) in [4.78, 5) is 15.2. The van der Waals surface area contributed by atoms with Gasteiger partial charge in [0.05, 0.1) is 6.54 Å². The fraction of sp³-hybridized carbons (Fsp3) is 0.400. The van der Waals surface area contributed by atoms with Gasteiger partial charge in [-0.15, -0.1) is 24.0 Å². The van der Waals surface area contributed by atoms with Crippen molar-refractivity contribution >= 4 is 35.8 Å². The molecule has 0 aliphatic heterocycles. The van der Waals surface area contributed by atoms with Crippen LogP contribution in [0.4, 0.5) is 0 Å². The molecule has 1 heterocycles. The molecule has 0 bridgehead atoms. The van der Waals surface area contributed by atoms with Crippen LogP contribution in [0.1, 0.15) is 48.2 Å². The van der Waals surface area contributed by atoms with Crippen LogP contribution in [0, 0.1) is 0 Å². The first kappa shape index (κ1) is 23.0. The maximum Gasteiger partial charge on any atom is 0.284 e. The van der Waals surface area contributed by atoms with Crippen molar-refractivity contribution < 1.29 is 9.21 Å². The predicted octanol–water partition coefficient (Wildman–Crippen LogP) is 3.20. The summed E-state index contributed by atoms with van der Waals surface area (Å²) in [7, 11) is 1.71. The number of carbonyl (C=O) groups is 1. The molecule has 7 heteroatoms. The smallest absolute Gasteiger partial charge is 0.284 e. The molecule has 27 heavy (non-hydrogen) atoms. The second kappa shape index (κ2) is 10.3. The van der Waals surface area contributed by atoms with Crippen molar-refractivity contribution in [2.75, 3.05) is 13.6 Å². The number of nitrogens with two attached hydrogens (primary N) is 1. The highest BCUT2D eigenvalue weighted by Crippen LogP contribution is 2.22. The first-order valence-corrected chi connectivity index (χ1v) is 8.72. The van der Waals surface area contributed by atoms with E-state index in [1.165, 1.54) is 11.1 Å². The van der Waals surface area contributed by atoms with Crippen molar-refractivity contribution in [3.63, 3.8) is 0 Å². The normalized spacial score (nSPS) is 11.6. The highest BCUT2D eigenvalue weighted by molar-refractivity contribution is 14.0. The average Bonchev–Trinajstić information content (AvgIpc) is 3.07. The van der Waals surface area contributed by atoms with Gasteiger partial charge in [0.15, 0.2) is 11.7 Å². The van der Waals surface area contributed by atoms with E-state index in [0.717, 1.165) is 13.0 Å². The number of amides is 1. The van der Waals surface area contributed by atoms with Crippen LogP contribution < -0.4 is 16.4 Å². The Labute approximate surface area is 178 Å². The Bertz CT molecular complexity index is 761. The summed E-state index contributed by atoms with van der Waals surface area (Å²) in [6.45, 7) is 7.83. The Kier molecular flexibility index (Phi) is 8.81.